The second-order valence-electron chi connectivity index (χ2n) is 7.93. The van der Waals surface area contributed by atoms with Crippen molar-refractivity contribution >= 4 is 39.8 Å². The number of pyridine rings is 1. The summed E-state index contributed by atoms with van der Waals surface area (Å²) in [5.41, 5.74) is 1.86. The van der Waals surface area contributed by atoms with E-state index in [1.54, 1.807) is 19.2 Å². The number of nitrogens with zero attached hydrogens (tertiary/aromatic N) is 2. The molecule has 35 heavy (non-hydrogen) atoms. The fourth-order valence-corrected chi connectivity index (χ4v) is 4.72. The van der Waals surface area contributed by atoms with Crippen molar-refractivity contribution < 1.29 is 32.6 Å². The quantitative estimate of drug-likeness (QED) is 0.487. The molecule has 1 aliphatic heterocycles. The van der Waals surface area contributed by atoms with Crippen LogP contribution in [0, 0.1) is 5.21 Å². The van der Waals surface area contributed by atoms with Crippen LogP contribution in [0.5, 0.6) is 5.75 Å². The zero-order valence-corrected chi connectivity index (χ0v) is 19.8. The molecule has 0 aliphatic carbocycles. The molecule has 3 aromatic rings. The molecule has 8 nitrogen and oxygen atoms in total. The third-order valence-corrected chi connectivity index (χ3v) is 6.64. The topological polar surface area (TPSA) is 109 Å². The minimum absolute atomic E-state index is 0.172. The second kappa shape index (κ2) is 9.53. The number of hydrogen-bond acceptors (Lipinski definition) is 7. The Hall–Kier alpha value is -3.06. The highest BCUT2D eigenvalue weighted by Gasteiger charge is 2.37. The van der Waals surface area contributed by atoms with Gasteiger partial charge in [0.2, 0.25) is 11.7 Å². The number of amides is 1. The molecule has 3 unspecified atom stereocenters. The fraction of sp³-hybridized carbons (Fsp3) is 0.273. The third kappa shape index (κ3) is 5.30. The van der Waals surface area contributed by atoms with Crippen LogP contribution in [-0.4, -0.2) is 34.1 Å². The predicted molar refractivity (Wildman–Crippen MR) is 122 cm³/mol. The van der Waals surface area contributed by atoms with E-state index in [-0.39, 0.29) is 27.4 Å². The number of hydrogen-bond donors (Lipinski definition) is 2. The number of anilines is 1. The lowest BCUT2D eigenvalue weighted by Gasteiger charge is -2.39. The Morgan fingerprint density at radius 1 is 1.29 bits per heavy atom. The lowest BCUT2D eigenvalue weighted by atomic mass is 9.87. The zero-order chi connectivity index (χ0) is 25.5. The standard InChI is InChI=1S/C22H18ClF3N4O4S/c1-10-14-8-27-7-13(19(14)20(32)11(2)30(10)33)6-18(31)29-21-28-16(9-35-21)12-3-4-15(23)17(5-12)34-22(24,25)26/h3-5,7-11,30H,6H2,1-2H3,(H,28,29,31). The third-order valence-electron chi connectivity index (χ3n) is 5.57. The zero-order valence-electron chi connectivity index (χ0n) is 18.3. The molecule has 4 rings (SSSR count). The van der Waals surface area contributed by atoms with Crippen molar-refractivity contribution in [3.05, 3.63) is 62.9 Å². The number of alkyl halides is 3. The Labute approximate surface area is 206 Å². The normalized spacial score (nSPS) is 19.9. The molecule has 3 atom stereocenters. The summed E-state index contributed by atoms with van der Waals surface area (Å²) in [5.74, 6) is -1.38. The summed E-state index contributed by atoms with van der Waals surface area (Å²) in [6.45, 7) is 3.25. The first-order chi connectivity index (χ1) is 16.4. The van der Waals surface area contributed by atoms with Gasteiger partial charge in [0.25, 0.3) is 0 Å². The Kier molecular flexibility index (Phi) is 6.82. The first-order valence-corrected chi connectivity index (χ1v) is 11.6. The molecule has 0 saturated carbocycles. The molecular formula is C22H18ClF3N4O4S. The number of hydroxylamine groups is 2. The lowest BCUT2D eigenvalue weighted by molar-refractivity contribution is -0.895. The molecule has 0 saturated heterocycles. The average molecular weight is 527 g/mol. The molecule has 0 spiro atoms. The van der Waals surface area contributed by atoms with E-state index in [9.17, 15) is 28.0 Å². The van der Waals surface area contributed by atoms with Crippen molar-refractivity contribution in [2.75, 3.05) is 5.32 Å². The van der Waals surface area contributed by atoms with Crippen molar-refractivity contribution in [2.24, 2.45) is 0 Å². The monoisotopic (exact) mass is 526 g/mol. The molecule has 1 amide bonds. The van der Waals surface area contributed by atoms with Gasteiger partial charge in [0.15, 0.2) is 5.13 Å². The maximum atomic E-state index is 12.8. The maximum Gasteiger partial charge on any atom is 0.573 e. The number of carbonyl (C=O) groups is 2. The van der Waals surface area contributed by atoms with Crippen molar-refractivity contribution in [2.45, 2.75) is 38.7 Å². The van der Waals surface area contributed by atoms with Gasteiger partial charge in [-0.05, 0) is 31.5 Å². The average Bonchev–Trinajstić information content (AvgIpc) is 3.25. The Bertz CT molecular complexity index is 1300. The van der Waals surface area contributed by atoms with E-state index in [4.69, 9.17) is 11.6 Å². The number of quaternary nitrogens is 1. The number of aromatic nitrogens is 2. The van der Waals surface area contributed by atoms with E-state index >= 15 is 0 Å². The van der Waals surface area contributed by atoms with Gasteiger partial charge in [0, 0.05) is 34.5 Å². The number of fused-ring (bicyclic) bond motifs is 1. The predicted octanol–water partition coefficient (Wildman–Crippen LogP) is 3.97. The van der Waals surface area contributed by atoms with Crippen LogP contribution in [0.15, 0.2) is 36.0 Å². The number of carbonyl (C=O) groups excluding carboxylic acids is 2. The number of nitrogens with one attached hydrogen (secondary N) is 2. The number of thiazole rings is 1. The molecule has 0 fully saturated rings. The number of Topliss-reactive ketones (excluding diaryl/α,β-unsaturated/α-hetero) is 1. The van der Waals surface area contributed by atoms with Crippen LogP contribution in [0.2, 0.25) is 5.02 Å². The van der Waals surface area contributed by atoms with E-state index < -0.39 is 30.1 Å². The summed E-state index contributed by atoms with van der Waals surface area (Å²) in [5, 5.41) is 16.3. The van der Waals surface area contributed by atoms with Crippen molar-refractivity contribution in [1.29, 1.82) is 0 Å². The van der Waals surface area contributed by atoms with E-state index in [1.165, 1.54) is 24.5 Å². The molecule has 2 aromatic heterocycles. The van der Waals surface area contributed by atoms with Crippen LogP contribution in [0.4, 0.5) is 18.3 Å². The molecule has 13 heteroatoms. The highest BCUT2D eigenvalue weighted by Crippen LogP contribution is 2.35. The smallest absolute Gasteiger partial charge is 0.573 e. The number of ether oxygens (including phenoxy) is 1. The van der Waals surface area contributed by atoms with Gasteiger partial charge in [-0.3, -0.25) is 14.6 Å². The summed E-state index contributed by atoms with van der Waals surface area (Å²) >= 11 is 6.85. The highest BCUT2D eigenvalue weighted by molar-refractivity contribution is 7.14. The van der Waals surface area contributed by atoms with Gasteiger partial charge in [-0.25, -0.2) is 4.98 Å². The SMILES string of the molecule is CC1C(=O)c2c(CC(=O)Nc3nc(-c4ccc(Cl)c(OC(F)(F)F)c4)cs3)cncc2C(C)[NH+]1[O-]. The van der Waals surface area contributed by atoms with Crippen LogP contribution in [0.25, 0.3) is 11.3 Å². The molecule has 0 bridgehead atoms. The molecule has 1 aliphatic rings. The summed E-state index contributed by atoms with van der Waals surface area (Å²) in [6, 6.07) is 2.54. The summed E-state index contributed by atoms with van der Waals surface area (Å²) < 4.78 is 41.7. The van der Waals surface area contributed by atoms with Crippen molar-refractivity contribution in [3.63, 3.8) is 0 Å². The number of benzene rings is 1. The van der Waals surface area contributed by atoms with Crippen LogP contribution in [0.3, 0.4) is 0 Å². The van der Waals surface area contributed by atoms with E-state index in [0.29, 0.717) is 27.9 Å². The fourth-order valence-electron chi connectivity index (χ4n) is 3.82. The van der Waals surface area contributed by atoms with E-state index in [1.807, 2.05) is 0 Å². The van der Waals surface area contributed by atoms with Gasteiger partial charge < -0.3 is 20.3 Å². The van der Waals surface area contributed by atoms with Gasteiger partial charge in [0.05, 0.1) is 17.1 Å². The number of halogens is 4. The van der Waals surface area contributed by atoms with Gasteiger partial charge in [-0.1, -0.05) is 17.7 Å². The molecular weight excluding hydrogens is 509 g/mol. The molecule has 3 heterocycles. The van der Waals surface area contributed by atoms with Gasteiger partial charge >= 0.3 is 6.36 Å². The molecule has 2 N–H and O–H groups in total. The molecule has 1 aromatic carbocycles. The van der Waals surface area contributed by atoms with E-state index in [2.05, 4.69) is 20.0 Å². The summed E-state index contributed by atoms with van der Waals surface area (Å²) in [7, 11) is 0. The minimum Gasteiger partial charge on any atom is -0.633 e. The van der Waals surface area contributed by atoms with Crippen LogP contribution >= 0.6 is 22.9 Å². The highest BCUT2D eigenvalue weighted by atomic mass is 35.5. The summed E-state index contributed by atoms with van der Waals surface area (Å²) in [4.78, 5) is 33.8. The first kappa shape index (κ1) is 25.0. The molecule has 0 radical (unpaired) electrons. The molecule has 184 valence electrons. The van der Waals surface area contributed by atoms with Crippen molar-refractivity contribution in [3.8, 4) is 17.0 Å². The second-order valence-corrected chi connectivity index (χ2v) is 9.19. The van der Waals surface area contributed by atoms with Gasteiger partial charge in [-0.2, -0.15) is 0 Å². The lowest BCUT2D eigenvalue weighted by Crippen LogP contribution is -3.13. The van der Waals surface area contributed by atoms with Crippen LogP contribution < -0.4 is 15.1 Å². The summed E-state index contributed by atoms with van der Waals surface area (Å²) in [6.07, 6.45) is -2.18. The van der Waals surface area contributed by atoms with Crippen LogP contribution in [-0.2, 0) is 11.2 Å². The Morgan fingerprint density at radius 3 is 2.74 bits per heavy atom. The largest absolute Gasteiger partial charge is 0.633 e. The number of rotatable bonds is 5. The Morgan fingerprint density at radius 2 is 2.03 bits per heavy atom. The van der Waals surface area contributed by atoms with Crippen molar-refractivity contribution in [1.82, 2.24) is 9.97 Å². The maximum absolute atomic E-state index is 12.8. The van der Waals surface area contributed by atoms with Gasteiger partial charge in [0.1, 0.15) is 17.8 Å². The number of ketones is 1. The van der Waals surface area contributed by atoms with E-state index in [0.717, 1.165) is 17.4 Å². The first-order valence-electron chi connectivity index (χ1n) is 10.3. The Balaban J connectivity index is 1.51. The van der Waals surface area contributed by atoms with Gasteiger partial charge in [-0.15, -0.1) is 24.5 Å². The minimum atomic E-state index is -4.90. The van der Waals surface area contributed by atoms with Crippen LogP contribution in [0.1, 0.15) is 41.4 Å².